The first-order valence-electron chi connectivity index (χ1n) is 6.40. The molecule has 0 heterocycles. The first-order valence-corrected chi connectivity index (χ1v) is 6.40. The highest BCUT2D eigenvalue weighted by molar-refractivity contribution is 4.78. The highest BCUT2D eigenvalue weighted by atomic mass is 14.6. The van der Waals surface area contributed by atoms with E-state index < -0.39 is 0 Å². The maximum Gasteiger partial charge on any atom is 0.00415 e. The molecule has 1 aliphatic rings. The van der Waals surface area contributed by atoms with Crippen molar-refractivity contribution in [3.05, 3.63) is 0 Å². The second kappa shape index (κ2) is 5.75. The van der Waals surface area contributed by atoms with E-state index in [9.17, 15) is 0 Å². The molecule has 4 atom stereocenters. The van der Waals surface area contributed by atoms with Gasteiger partial charge in [0.05, 0.1) is 0 Å². The number of hydrogen-bond donors (Lipinski definition) is 1. The van der Waals surface area contributed by atoms with Crippen molar-refractivity contribution in [3.8, 4) is 0 Å². The summed E-state index contributed by atoms with van der Waals surface area (Å²) in [5.41, 5.74) is 6.10. The van der Waals surface area contributed by atoms with E-state index in [0.29, 0.717) is 6.04 Å². The first-order chi connectivity index (χ1) is 6.65. The van der Waals surface area contributed by atoms with Gasteiger partial charge < -0.3 is 5.73 Å². The lowest BCUT2D eigenvalue weighted by molar-refractivity contribution is 0.227. The van der Waals surface area contributed by atoms with Gasteiger partial charge in [-0.15, -0.1) is 0 Å². The number of hydrogen-bond acceptors (Lipinski definition) is 1. The molecule has 0 bridgehead atoms. The van der Waals surface area contributed by atoms with Crippen LogP contribution < -0.4 is 5.73 Å². The Kier molecular flexibility index (Phi) is 4.94. The summed E-state index contributed by atoms with van der Waals surface area (Å²) in [5.74, 6) is 2.62. The van der Waals surface area contributed by atoms with Gasteiger partial charge in [-0.25, -0.2) is 0 Å². The summed E-state index contributed by atoms with van der Waals surface area (Å²) in [6, 6.07) is 0.481. The van der Waals surface area contributed by atoms with Gasteiger partial charge in [0.2, 0.25) is 0 Å². The molecule has 1 fully saturated rings. The maximum atomic E-state index is 6.10. The van der Waals surface area contributed by atoms with E-state index in [1.165, 1.54) is 38.5 Å². The summed E-state index contributed by atoms with van der Waals surface area (Å²) in [5, 5.41) is 0. The molecule has 1 saturated carbocycles. The van der Waals surface area contributed by atoms with Crippen LogP contribution in [0.15, 0.2) is 0 Å². The molecule has 1 aliphatic carbocycles. The maximum absolute atomic E-state index is 6.10. The second-order valence-corrected chi connectivity index (χ2v) is 5.28. The predicted octanol–water partition coefficient (Wildman–Crippen LogP) is 3.58. The van der Waals surface area contributed by atoms with Gasteiger partial charge in [-0.05, 0) is 30.6 Å². The topological polar surface area (TPSA) is 26.0 Å². The first kappa shape index (κ1) is 12.0. The van der Waals surface area contributed by atoms with Crippen LogP contribution in [0.25, 0.3) is 0 Å². The predicted molar refractivity (Wildman–Crippen MR) is 63.2 cm³/mol. The average molecular weight is 197 g/mol. The van der Waals surface area contributed by atoms with Crippen LogP contribution in [-0.2, 0) is 0 Å². The molecule has 2 N–H and O–H groups in total. The quantitative estimate of drug-likeness (QED) is 0.688. The summed E-state index contributed by atoms with van der Waals surface area (Å²) in [4.78, 5) is 0. The minimum atomic E-state index is 0.481. The Balaban J connectivity index is 2.47. The van der Waals surface area contributed by atoms with Crippen LogP contribution in [-0.4, -0.2) is 6.04 Å². The Morgan fingerprint density at radius 3 is 2.50 bits per heavy atom. The fourth-order valence-electron chi connectivity index (χ4n) is 2.75. The van der Waals surface area contributed by atoms with Gasteiger partial charge >= 0.3 is 0 Å². The third kappa shape index (κ3) is 3.27. The van der Waals surface area contributed by atoms with E-state index in [1.807, 2.05) is 0 Å². The van der Waals surface area contributed by atoms with Crippen molar-refractivity contribution in [2.75, 3.05) is 0 Å². The Morgan fingerprint density at radius 2 is 1.86 bits per heavy atom. The summed E-state index contributed by atoms with van der Waals surface area (Å²) in [6.45, 7) is 7.12. The molecule has 0 radical (unpaired) electrons. The van der Waals surface area contributed by atoms with E-state index in [-0.39, 0.29) is 0 Å². The van der Waals surface area contributed by atoms with E-state index in [1.54, 1.807) is 0 Å². The molecule has 14 heavy (non-hydrogen) atoms. The van der Waals surface area contributed by atoms with E-state index in [0.717, 1.165) is 17.8 Å². The van der Waals surface area contributed by atoms with Crippen LogP contribution in [0.1, 0.15) is 59.3 Å². The highest BCUT2D eigenvalue weighted by Gasteiger charge is 2.25. The highest BCUT2D eigenvalue weighted by Crippen LogP contribution is 2.33. The van der Waals surface area contributed by atoms with Crippen LogP contribution in [0, 0.1) is 17.8 Å². The van der Waals surface area contributed by atoms with Crippen molar-refractivity contribution >= 4 is 0 Å². The Labute approximate surface area is 89.5 Å². The summed E-state index contributed by atoms with van der Waals surface area (Å²) >= 11 is 0. The Bertz CT molecular complexity index is 155. The van der Waals surface area contributed by atoms with Crippen molar-refractivity contribution in [2.24, 2.45) is 23.5 Å². The fourth-order valence-corrected chi connectivity index (χ4v) is 2.75. The summed E-state index contributed by atoms with van der Waals surface area (Å²) in [7, 11) is 0. The van der Waals surface area contributed by atoms with Gasteiger partial charge in [0.1, 0.15) is 0 Å². The molecule has 84 valence electrons. The molecule has 4 unspecified atom stereocenters. The zero-order chi connectivity index (χ0) is 10.6. The van der Waals surface area contributed by atoms with Gasteiger partial charge in [0.25, 0.3) is 0 Å². The lowest BCUT2D eigenvalue weighted by atomic mass is 9.78. The molecule has 0 aromatic carbocycles. The molecule has 0 aliphatic heterocycles. The monoisotopic (exact) mass is 197 g/mol. The summed E-state index contributed by atoms with van der Waals surface area (Å²) < 4.78 is 0. The second-order valence-electron chi connectivity index (χ2n) is 5.28. The van der Waals surface area contributed by atoms with Crippen molar-refractivity contribution < 1.29 is 0 Å². The van der Waals surface area contributed by atoms with Gasteiger partial charge in [-0.3, -0.25) is 0 Å². The lowest BCUT2D eigenvalue weighted by Gasteiger charge is -2.28. The average Bonchev–Trinajstić information content (AvgIpc) is 2.40. The van der Waals surface area contributed by atoms with Crippen molar-refractivity contribution in [3.63, 3.8) is 0 Å². The fraction of sp³-hybridized carbons (Fsp3) is 1.00. The smallest absolute Gasteiger partial charge is 0.00415 e. The summed E-state index contributed by atoms with van der Waals surface area (Å²) in [6.07, 6.45) is 8.01. The van der Waals surface area contributed by atoms with Gasteiger partial charge in [-0.1, -0.05) is 46.5 Å². The zero-order valence-corrected chi connectivity index (χ0v) is 10.1. The van der Waals surface area contributed by atoms with Crippen LogP contribution >= 0.6 is 0 Å². The van der Waals surface area contributed by atoms with Gasteiger partial charge in [0.15, 0.2) is 0 Å². The SMILES string of the molecule is CCC(C)C(C)C1CCCCC(N)C1. The molecule has 0 spiro atoms. The van der Waals surface area contributed by atoms with E-state index in [4.69, 9.17) is 5.73 Å². The molecule has 1 nitrogen and oxygen atoms in total. The Hall–Kier alpha value is -0.0400. The van der Waals surface area contributed by atoms with Gasteiger partial charge in [0, 0.05) is 6.04 Å². The molecule has 1 rings (SSSR count). The Morgan fingerprint density at radius 1 is 1.21 bits per heavy atom. The molecular formula is C13H27N. The largest absolute Gasteiger partial charge is 0.328 e. The van der Waals surface area contributed by atoms with Crippen molar-refractivity contribution in [1.82, 2.24) is 0 Å². The standard InChI is InChI=1S/C13H27N/c1-4-10(2)11(3)12-7-5-6-8-13(14)9-12/h10-13H,4-9,14H2,1-3H3. The number of nitrogens with two attached hydrogens (primary N) is 1. The third-order valence-electron chi connectivity index (χ3n) is 4.29. The molecule has 0 saturated heterocycles. The van der Waals surface area contributed by atoms with Gasteiger partial charge in [-0.2, -0.15) is 0 Å². The number of rotatable bonds is 3. The minimum absolute atomic E-state index is 0.481. The molecule has 0 aromatic heterocycles. The molecule has 0 aromatic rings. The van der Waals surface area contributed by atoms with Crippen molar-refractivity contribution in [1.29, 1.82) is 0 Å². The van der Waals surface area contributed by atoms with Crippen LogP contribution in [0.5, 0.6) is 0 Å². The third-order valence-corrected chi connectivity index (χ3v) is 4.29. The van der Waals surface area contributed by atoms with E-state index in [2.05, 4.69) is 20.8 Å². The lowest BCUT2D eigenvalue weighted by Crippen LogP contribution is -2.26. The van der Waals surface area contributed by atoms with E-state index >= 15 is 0 Å². The van der Waals surface area contributed by atoms with Crippen LogP contribution in [0.3, 0.4) is 0 Å². The van der Waals surface area contributed by atoms with Crippen molar-refractivity contribution in [2.45, 2.75) is 65.3 Å². The van der Waals surface area contributed by atoms with Crippen LogP contribution in [0.2, 0.25) is 0 Å². The molecule has 0 amide bonds. The van der Waals surface area contributed by atoms with Crippen LogP contribution in [0.4, 0.5) is 0 Å². The molecular weight excluding hydrogens is 170 g/mol. The zero-order valence-electron chi connectivity index (χ0n) is 10.1. The normalized spacial score (nSPS) is 33.4. The minimum Gasteiger partial charge on any atom is -0.328 e. The molecule has 1 heteroatoms.